The molecule has 1 aromatic carbocycles. The van der Waals surface area contributed by atoms with Crippen LogP contribution in [0.5, 0.6) is 0 Å². The highest BCUT2D eigenvalue weighted by Gasteiger charge is 2.11. The first-order valence-electron chi connectivity index (χ1n) is 8.03. The Hall–Kier alpha value is -2.60. The largest absolute Gasteiger partial charge is 0.351 e. The van der Waals surface area contributed by atoms with E-state index >= 15 is 0 Å². The van der Waals surface area contributed by atoms with Crippen molar-refractivity contribution in [2.45, 2.75) is 25.5 Å². The van der Waals surface area contributed by atoms with E-state index in [1.54, 1.807) is 18.6 Å². The topological polar surface area (TPSA) is 59.8 Å². The van der Waals surface area contributed by atoms with Crippen LogP contribution >= 0.6 is 11.8 Å². The Morgan fingerprint density at radius 3 is 2.88 bits per heavy atom. The third-order valence-corrected chi connectivity index (χ3v) is 4.95. The molecule has 3 rings (SSSR count). The lowest BCUT2D eigenvalue weighted by Crippen LogP contribution is -2.24. The number of rotatable bonds is 6. The molecule has 0 aliphatic rings. The molecule has 3 aromatic rings. The number of amides is 1. The zero-order chi connectivity index (χ0) is 17.6. The maximum absolute atomic E-state index is 12.1. The Morgan fingerprint density at radius 1 is 1.20 bits per heavy atom. The smallest absolute Gasteiger partial charge is 0.230 e. The van der Waals surface area contributed by atoms with E-state index in [1.165, 1.54) is 22.9 Å². The lowest BCUT2D eigenvalue weighted by Gasteiger charge is -2.12. The van der Waals surface area contributed by atoms with E-state index in [2.05, 4.69) is 41.3 Å². The summed E-state index contributed by atoms with van der Waals surface area (Å²) in [6, 6.07) is 9.99. The fraction of sp³-hybridized carbons (Fsp3) is 0.211. The maximum Gasteiger partial charge on any atom is 0.230 e. The average Bonchev–Trinajstić information content (AvgIpc) is 3.10. The van der Waals surface area contributed by atoms with Crippen LogP contribution < -0.4 is 5.32 Å². The molecule has 6 heteroatoms. The summed E-state index contributed by atoms with van der Waals surface area (Å²) in [5.41, 5.74) is 4.52. The highest BCUT2D eigenvalue weighted by molar-refractivity contribution is 7.99. The average molecular weight is 352 g/mol. The third-order valence-electron chi connectivity index (χ3n) is 3.99. The van der Waals surface area contributed by atoms with Crippen LogP contribution in [0.4, 0.5) is 0 Å². The highest BCUT2D eigenvalue weighted by Crippen LogP contribution is 2.24. The van der Waals surface area contributed by atoms with E-state index in [-0.39, 0.29) is 5.91 Å². The van der Waals surface area contributed by atoms with Gasteiger partial charge in [0, 0.05) is 31.3 Å². The number of aryl methyl sites for hydroxylation is 1. The minimum absolute atomic E-state index is 0.0237. The van der Waals surface area contributed by atoms with E-state index < -0.39 is 0 Å². The molecule has 0 spiro atoms. The van der Waals surface area contributed by atoms with Crippen molar-refractivity contribution in [2.75, 3.05) is 5.75 Å². The summed E-state index contributed by atoms with van der Waals surface area (Å²) in [5, 5.41) is 3.71. The first kappa shape index (κ1) is 17.2. The number of thioether (sulfide) groups is 1. The van der Waals surface area contributed by atoms with Gasteiger partial charge < -0.3 is 5.32 Å². The van der Waals surface area contributed by atoms with Crippen molar-refractivity contribution in [1.82, 2.24) is 19.9 Å². The van der Waals surface area contributed by atoms with Gasteiger partial charge >= 0.3 is 0 Å². The number of carbonyl (C=O) groups is 1. The van der Waals surface area contributed by atoms with Crippen molar-refractivity contribution in [2.24, 2.45) is 0 Å². The van der Waals surface area contributed by atoms with Crippen LogP contribution in [0.3, 0.4) is 0 Å². The molecule has 2 heterocycles. The van der Waals surface area contributed by atoms with Crippen LogP contribution in [0.15, 0.2) is 60.3 Å². The molecule has 25 heavy (non-hydrogen) atoms. The normalized spacial score (nSPS) is 10.6. The summed E-state index contributed by atoms with van der Waals surface area (Å²) in [5.74, 6) is 0.298. The van der Waals surface area contributed by atoms with Gasteiger partial charge in [-0.05, 0) is 42.7 Å². The molecule has 0 radical (unpaired) electrons. The van der Waals surface area contributed by atoms with Crippen LogP contribution in [-0.2, 0) is 11.3 Å². The molecule has 0 atom stereocenters. The molecule has 1 amide bonds. The zero-order valence-electron chi connectivity index (χ0n) is 14.3. The fourth-order valence-corrected chi connectivity index (χ4v) is 3.26. The number of nitrogens with zero attached hydrogens (tertiary/aromatic N) is 3. The van der Waals surface area contributed by atoms with Gasteiger partial charge in [-0.3, -0.25) is 14.3 Å². The van der Waals surface area contributed by atoms with Gasteiger partial charge in [-0.25, -0.2) is 4.98 Å². The van der Waals surface area contributed by atoms with E-state index in [0.717, 1.165) is 16.4 Å². The predicted octanol–water partition coefficient (Wildman–Crippen LogP) is 3.29. The number of carbonyl (C=O) groups excluding carboxylic acids is 1. The predicted molar refractivity (Wildman–Crippen MR) is 99.8 cm³/mol. The van der Waals surface area contributed by atoms with Crippen molar-refractivity contribution in [3.05, 3.63) is 71.8 Å². The quantitative estimate of drug-likeness (QED) is 0.692. The van der Waals surface area contributed by atoms with E-state index in [4.69, 9.17) is 0 Å². The zero-order valence-corrected chi connectivity index (χ0v) is 15.1. The van der Waals surface area contributed by atoms with E-state index in [0.29, 0.717) is 12.3 Å². The van der Waals surface area contributed by atoms with Gasteiger partial charge in [-0.15, -0.1) is 0 Å². The van der Waals surface area contributed by atoms with Crippen LogP contribution in [0.25, 0.3) is 5.69 Å². The molecule has 0 saturated heterocycles. The summed E-state index contributed by atoms with van der Waals surface area (Å²) >= 11 is 1.43. The minimum Gasteiger partial charge on any atom is -0.351 e. The number of benzene rings is 1. The van der Waals surface area contributed by atoms with Gasteiger partial charge in [0.2, 0.25) is 5.91 Å². The number of hydrogen-bond acceptors (Lipinski definition) is 4. The second-order valence-electron chi connectivity index (χ2n) is 5.73. The minimum atomic E-state index is -0.0237. The second-order valence-corrected chi connectivity index (χ2v) is 6.67. The van der Waals surface area contributed by atoms with Crippen LogP contribution in [0.2, 0.25) is 0 Å². The molecule has 0 saturated carbocycles. The molecular formula is C19H20N4OS. The third kappa shape index (κ3) is 4.28. The molecule has 0 aliphatic carbocycles. The Balaban J connectivity index is 1.62. The summed E-state index contributed by atoms with van der Waals surface area (Å²) in [6.45, 7) is 4.67. The van der Waals surface area contributed by atoms with Gasteiger partial charge in [-0.2, -0.15) is 0 Å². The number of nitrogens with one attached hydrogen (secondary N) is 1. The molecule has 0 bridgehead atoms. The molecular weight excluding hydrogens is 332 g/mol. The summed E-state index contributed by atoms with van der Waals surface area (Å²) in [6.07, 6.45) is 7.16. The lowest BCUT2D eigenvalue weighted by molar-refractivity contribution is -0.118. The maximum atomic E-state index is 12.1. The van der Waals surface area contributed by atoms with Crippen molar-refractivity contribution >= 4 is 17.7 Å². The summed E-state index contributed by atoms with van der Waals surface area (Å²) in [4.78, 5) is 20.5. The standard InChI is InChI=1S/C19H20N4OS/c1-14-5-3-7-17(15(14)2)23-10-9-21-19(23)25-13-18(24)22-12-16-6-4-8-20-11-16/h3-11H,12-13H2,1-2H3,(H,22,24). The van der Waals surface area contributed by atoms with Gasteiger partial charge in [0.25, 0.3) is 0 Å². The molecule has 128 valence electrons. The Kier molecular flexibility index (Phi) is 5.50. The molecule has 0 fully saturated rings. The number of hydrogen-bond donors (Lipinski definition) is 1. The van der Waals surface area contributed by atoms with Crippen molar-refractivity contribution < 1.29 is 4.79 Å². The first-order valence-corrected chi connectivity index (χ1v) is 9.02. The summed E-state index contributed by atoms with van der Waals surface area (Å²) in [7, 11) is 0. The molecule has 0 aliphatic heterocycles. The fourth-order valence-electron chi connectivity index (χ4n) is 2.46. The summed E-state index contributed by atoms with van der Waals surface area (Å²) < 4.78 is 2.03. The van der Waals surface area contributed by atoms with Crippen molar-refractivity contribution in [1.29, 1.82) is 0 Å². The second kappa shape index (κ2) is 7.98. The van der Waals surface area contributed by atoms with Crippen LogP contribution in [-0.4, -0.2) is 26.2 Å². The highest BCUT2D eigenvalue weighted by atomic mass is 32.2. The van der Waals surface area contributed by atoms with Gasteiger partial charge in [0.15, 0.2) is 5.16 Å². The molecule has 0 unspecified atom stereocenters. The van der Waals surface area contributed by atoms with Gasteiger partial charge in [-0.1, -0.05) is 30.0 Å². The monoisotopic (exact) mass is 352 g/mol. The van der Waals surface area contributed by atoms with Crippen LogP contribution in [0, 0.1) is 13.8 Å². The first-order chi connectivity index (χ1) is 12.1. The van der Waals surface area contributed by atoms with Crippen molar-refractivity contribution in [3.8, 4) is 5.69 Å². The van der Waals surface area contributed by atoms with E-state index in [1.807, 2.05) is 29.0 Å². The molecule has 1 N–H and O–H groups in total. The van der Waals surface area contributed by atoms with Crippen LogP contribution in [0.1, 0.15) is 16.7 Å². The molecule has 5 nitrogen and oxygen atoms in total. The number of imidazole rings is 1. The Morgan fingerprint density at radius 2 is 2.08 bits per heavy atom. The Bertz CT molecular complexity index is 861. The van der Waals surface area contributed by atoms with Crippen molar-refractivity contribution in [3.63, 3.8) is 0 Å². The number of aromatic nitrogens is 3. The van der Waals surface area contributed by atoms with Gasteiger partial charge in [0.1, 0.15) is 0 Å². The lowest BCUT2D eigenvalue weighted by atomic mass is 10.1. The SMILES string of the molecule is Cc1cccc(-n2ccnc2SCC(=O)NCc2cccnc2)c1C. The molecule has 2 aromatic heterocycles. The Labute approximate surface area is 151 Å². The number of pyridine rings is 1. The van der Waals surface area contributed by atoms with Gasteiger partial charge in [0.05, 0.1) is 11.4 Å². The van der Waals surface area contributed by atoms with E-state index in [9.17, 15) is 4.79 Å².